The monoisotopic (exact) mass is 316 g/mol. The highest BCUT2D eigenvalue weighted by Crippen LogP contribution is 2.38. The third-order valence-corrected chi connectivity index (χ3v) is 3.18. The molecule has 0 aromatic heterocycles. The van der Waals surface area contributed by atoms with Crippen molar-refractivity contribution in [3.05, 3.63) is 33.8 Å². The normalized spacial score (nSPS) is 11.5. The van der Waals surface area contributed by atoms with Crippen molar-refractivity contribution >= 4 is 34.7 Å². The van der Waals surface area contributed by atoms with Gasteiger partial charge in [0.15, 0.2) is 0 Å². The van der Waals surface area contributed by atoms with Crippen LogP contribution >= 0.6 is 23.2 Å². The van der Waals surface area contributed by atoms with E-state index in [1.165, 1.54) is 0 Å². The fourth-order valence-corrected chi connectivity index (χ4v) is 2.46. The van der Waals surface area contributed by atoms with Gasteiger partial charge in [-0.1, -0.05) is 42.6 Å². The predicted octanol–water partition coefficient (Wildman–Crippen LogP) is 5.05. The fourth-order valence-electron chi connectivity index (χ4n) is 1.92. The van der Waals surface area contributed by atoms with E-state index in [2.05, 4.69) is 0 Å². The van der Waals surface area contributed by atoms with Gasteiger partial charge in [-0.15, -0.1) is 0 Å². The van der Waals surface area contributed by atoms with Crippen LogP contribution in [0.2, 0.25) is 10.0 Å². The second kappa shape index (κ2) is 8.18. The van der Waals surface area contributed by atoms with Crippen LogP contribution in [0, 0.1) is 0 Å². The summed E-state index contributed by atoms with van der Waals surface area (Å²) in [5.74, 6) is -0.312. The summed E-state index contributed by atoms with van der Waals surface area (Å²) < 4.78 is 5.58. The van der Waals surface area contributed by atoms with E-state index in [0.29, 0.717) is 22.4 Å². The van der Waals surface area contributed by atoms with Gasteiger partial charge in [0, 0.05) is 10.6 Å². The molecule has 110 valence electrons. The SMILES string of the molecule is CCC/C(=C\CC(=O)O)c1cc(Cl)cc(Cl)c1OCC. The van der Waals surface area contributed by atoms with Gasteiger partial charge >= 0.3 is 5.97 Å². The van der Waals surface area contributed by atoms with Crippen molar-refractivity contribution in [1.29, 1.82) is 0 Å². The lowest BCUT2D eigenvalue weighted by Crippen LogP contribution is -1.99. The molecule has 0 atom stereocenters. The number of carboxylic acids is 1. The number of carboxylic acid groups (broad SMARTS) is 1. The lowest BCUT2D eigenvalue weighted by Gasteiger charge is -2.15. The maximum absolute atomic E-state index is 10.8. The Bertz CT molecular complexity index is 510. The lowest BCUT2D eigenvalue weighted by atomic mass is 9.99. The second-order valence-electron chi connectivity index (χ2n) is 4.27. The number of benzene rings is 1. The van der Waals surface area contributed by atoms with E-state index < -0.39 is 5.97 Å². The maximum Gasteiger partial charge on any atom is 0.307 e. The molecule has 0 amide bonds. The number of hydrogen-bond donors (Lipinski definition) is 1. The molecule has 3 nitrogen and oxygen atoms in total. The van der Waals surface area contributed by atoms with Gasteiger partial charge in [-0.05, 0) is 31.1 Å². The quantitative estimate of drug-likeness (QED) is 0.765. The van der Waals surface area contributed by atoms with Gasteiger partial charge in [-0.2, -0.15) is 0 Å². The third kappa shape index (κ3) is 4.73. The summed E-state index contributed by atoms with van der Waals surface area (Å²) in [5, 5.41) is 9.77. The Labute approximate surface area is 129 Å². The molecular weight excluding hydrogens is 299 g/mol. The van der Waals surface area contributed by atoms with Gasteiger partial charge in [-0.3, -0.25) is 4.79 Å². The van der Waals surface area contributed by atoms with Crippen molar-refractivity contribution in [2.45, 2.75) is 33.1 Å². The molecule has 0 bridgehead atoms. The van der Waals surface area contributed by atoms with Crippen LogP contribution in [0.15, 0.2) is 18.2 Å². The van der Waals surface area contributed by atoms with Gasteiger partial charge in [0.25, 0.3) is 0 Å². The molecule has 0 spiro atoms. The summed E-state index contributed by atoms with van der Waals surface area (Å²) >= 11 is 12.2. The van der Waals surface area contributed by atoms with Crippen molar-refractivity contribution in [3.8, 4) is 5.75 Å². The first-order valence-corrected chi connectivity index (χ1v) is 7.28. The van der Waals surface area contributed by atoms with Crippen molar-refractivity contribution in [1.82, 2.24) is 0 Å². The van der Waals surface area contributed by atoms with Crippen LogP contribution < -0.4 is 4.74 Å². The summed E-state index contributed by atoms with van der Waals surface area (Å²) in [7, 11) is 0. The minimum Gasteiger partial charge on any atom is -0.492 e. The molecule has 0 fully saturated rings. The number of aliphatic carboxylic acids is 1. The Hall–Kier alpha value is -1.19. The molecule has 0 aliphatic carbocycles. The maximum atomic E-state index is 10.8. The summed E-state index contributed by atoms with van der Waals surface area (Å²) in [5.41, 5.74) is 1.66. The van der Waals surface area contributed by atoms with E-state index in [1.807, 2.05) is 13.8 Å². The highest BCUT2D eigenvalue weighted by Gasteiger charge is 2.14. The summed E-state index contributed by atoms with van der Waals surface area (Å²) in [6.45, 7) is 4.38. The molecule has 1 N–H and O–H groups in total. The molecule has 5 heteroatoms. The molecule has 1 rings (SSSR count). The van der Waals surface area contributed by atoms with Crippen LogP contribution in [0.5, 0.6) is 5.75 Å². The molecule has 0 aliphatic heterocycles. The van der Waals surface area contributed by atoms with Gasteiger partial charge < -0.3 is 9.84 Å². The van der Waals surface area contributed by atoms with Crippen molar-refractivity contribution in [2.75, 3.05) is 6.61 Å². The highest BCUT2D eigenvalue weighted by molar-refractivity contribution is 6.36. The molecular formula is C15H18Cl2O3. The summed E-state index contributed by atoms with van der Waals surface area (Å²) in [6, 6.07) is 3.39. The third-order valence-electron chi connectivity index (χ3n) is 2.69. The Kier molecular flexibility index (Phi) is 6.89. The first kappa shape index (κ1) is 16.9. The van der Waals surface area contributed by atoms with Crippen LogP contribution in [0.1, 0.15) is 38.7 Å². The average Bonchev–Trinajstić information content (AvgIpc) is 2.37. The van der Waals surface area contributed by atoms with E-state index in [9.17, 15) is 4.79 Å². The van der Waals surface area contributed by atoms with Crippen molar-refractivity contribution in [2.24, 2.45) is 0 Å². The van der Waals surface area contributed by atoms with Crippen LogP contribution in [0.25, 0.3) is 5.57 Å². The molecule has 0 aliphatic rings. The molecule has 20 heavy (non-hydrogen) atoms. The van der Waals surface area contributed by atoms with E-state index in [1.54, 1.807) is 18.2 Å². The number of carbonyl (C=O) groups is 1. The van der Waals surface area contributed by atoms with Crippen LogP contribution in [-0.2, 0) is 4.79 Å². The van der Waals surface area contributed by atoms with Crippen LogP contribution in [0.3, 0.4) is 0 Å². The van der Waals surface area contributed by atoms with Gasteiger partial charge in [-0.25, -0.2) is 0 Å². The summed E-state index contributed by atoms with van der Waals surface area (Å²) in [4.78, 5) is 10.8. The van der Waals surface area contributed by atoms with E-state index in [0.717, 1.165) is 24.0 Å². The lowest BCUT2D eigenvalue weighted by molar-refractivity contribution is -0.135. The van der Waals surface area contributed by atoms with Gasteiger partial charge in [0.05, 0.1) is 18.1 Å². The Morgan fingerprint density at radius 1 is 1.35 bits per heavy atom. The number of allylic oxidation sites excluding steroid dienone is 1. The molecule has 0 radical (unpaired) electrons. The van der Waals surface area contributed by atoms with Crippen LogP contribution in [0.4, 0.5) is 0 Å². The van der Waals surface area contributed by atoms with Gasteiger partial charge in [0.2, 0.25) is 0 Å². The smallest absolute Gasteiger partial charge is 0.307 e. The van der Waals surface area contributed by atoms with Gasteiger partial charge in [0.1, 0.15) is 5.75 Å². The Morgan fingerprint density at radius 3 is 2.60 bits per heavy atom. The second-order valence-corrected chi connectivity index (χ2v) is 5.12. The fraction of sp³-hybridized carbons (Fsp3) is 0.400. The summed E-state index contributed by atoms with van der Waals surface area (Å²) in [6.07, 6.45) is 3.28. The molecule has 1 aromatic rings. The van der Waals surface area contributed by atoms with Crippen LogP contribution in [-0.4, -0.2) is 17.7 Å². The number of rotatable bonds is 7. The molecule has 0 saturated heterocycles. The zero-order valence-electron chi connectivity index (χ0n) is 11.6. The zero-order chi connectivity index (χ0) is 15.1. The van der Waals surface area contributed by atoms with Crippen molar-refractivity contribution in [3.63, 3.8) is 0 Å². The predicted molar refractivity (Wildman–Crippen MR) is 82.8 cm³/mol. The van der Waals surface area contributed by atoms with E-state index in [-0.39, 0.29) is 6.42 Å². The minimum atomic E-state index is -0.871. The van der Waals surface area contributed by atoms with E-state index >= 15 is 0 Å². The molecule has 0 saturated carbocycles. The Balaban J connectivity index is 3.30. The van der Waals surface area contributed by atoms with E-state index in [4.69, 9.17) is 33.0 Å². The molecule has 1 aromatic carbocycles. The first-order valence-electron chi connectivity index (χ1n) is 6.52. The first-order chi connectivity index (χ1) is 9.49. The number of halogens is 2. The molecule has 0 heterocycles. The van der Waals surface area contributed by atoms with Crippen molar-refractivity contribution < 1.29 is 14.6 Å². The zero-order valence-corrected chi connectivity index (χ0v) is 13.1. The standard InChI is InChI=1S/C15H18Cl2O3/c1-3-5-10(6-7-14(18)19)12-8-11(16)9-13(17)15(12)20-4-2/h6,8-9H,3-5,7H2,1-2H3,(H,18,19)/b10-6+. The highest BCUT2D eigenvalue weighted by atomic mass is 35.5. The largest absolute Gasteiger partial charge is 0.492 e. The Morgan fingerprint density at radius 2 is 2.05 bits per heavy atom. The topological polar surface area (TPSA) is 46.5 Å². The number of hydrogen-bond acceptors (Lipinski definition) is 2. The number of ether oxygens (including phenoxy) is 1. The average molecular weight is 317 g/mol. The molecule has 0 unspecified atom stereocenters. The minimum absolute atomic E-state index is 0.0367.